The standard InChI is InChI=1S/C29H30F2N2O3/c1-33(17-9-19-36-27(34)24-14-8-15-25(30)26(24)31)18-16-23(20-33)29(28(32)35,21-10-4-2-5-11-21)22-12-6-3-7-13-22/h2-8,10-15,23H,9,16-20H2,1H3,(H-,32,35). The van der Waals surface area contributed by atoms with E-state index in [1.54, 1.807) is 0 Å². The third-order valence-corrected chi connectivity index (χ3v) is 7.35. The summed E-state index contributed by atoms with van der Waals surface area (Å²) in [6.45, 7) is 2.25. The highest BCUT2D eigenvalue weighted by molar-refractivity contribution is 5.89. The zero-order chi connectivity index (χ0) is 25.8. The van der Waals surface area contributed by atoms with Gasteiger partial charge in [-0.25, -0.2) is 13.6 Å². The highest BCUT2D eigenvalue weighted by Crippen LogP contribution is 2.45. The lowest BCUT2D eigenvalue weighted by atomic mass is 9.65. The highest BCUT2D eigenvalue weighted by Gasteiger charge is 2.49. The van der Waals surface area contributed by atoms with Crippen LogP contribution in [0, 0.1) is 23.0 Å². The smallest absolute Gasteiger partial charge is 0.341 e. The van der Waals surface area contributed by atoms with Gasteiger partial charge in [0.25, 0.3) is 0 Å². The zero-order valence-electron chi connectivity index (χ0n) is 20.3. The van der Waals surface area contributed by atoms with Crippen molar-refractivity contribution in [1.29, 1.82) is 5.41 Å². The van der Waals surface area contributed by atoms with Crippen molar-refractivity contribution in [2.45, 2.75) is 18.3 Å². The van der Waals surface area contributed by atoms with Crippen molar-refractivity contribution in [1.82, 2.24) is 0 Å². The topological polar surface area (TPSA) is 73.2 Å². The molecule has 3 aromatic carbocycles. The van der Waals surface area contributed by atoms with Gasteiger partial charge >= 0.3 is 5.97 Å². The van der Waals surface area contributed by atoms with Crippen LogP contribution < -0.4 is 5.11 Å². The molecule has 1 heterocycles. The predicted molar refractivity (Wildman–Crippen MR) is 132 cm³/mol. The van der Waals surface area contributed by atoms with Gasteiger partial charge in [-0.1, -0.05) is 66.7 Å². The van der Waals surface area contributed by atoms with Gasteiger partial charge in [-0.15, -0.1) is 0 Å². The number of rotatable bonds is 9. The Morgan fingerprint density at radius 2 is 1.64 bits per heavy atom. The maximum atomic E-state index is 13.8. The van der Waals surface area contributed by atoms with Crippen LogP contribution in [0.4, 0.5) is 8.78 Å². The van der Waals surface area contributed by atoms with E-state index in [0.717, 1.165) is 30.2 Å². The summed E-state index contributed by atoms with van der Waals surface area (Å²) in [6.07, 6.45) is 1.30. The molecule has 0 amide bonds. The van der Waals surface area contributed by atoms with Crippen LogP contribution in [0.2, 0.25) is 0 Å². The second-order valence-electron chi connectivity index (χ2n) is 9.69. The minimum Gasteiger partial charge on any atom is -0.861 e. The van der Waals surface area contributed by atoms with Crippen LogP contribution in [0.1, 0.15) is 34.3 Å². The number of nitrogens with zero attached hydrogens (tertiary/aromatic N) is 1. The number of hydrogen-bond donors (Lipinski definition) is 1. The van der Waals surface area contributed by atoms with Gasteiger partial charge in [-0.05, 0) is 29.2 Å². The van der Waals surface area contributed by atoms with E-state index in [-0.39, 0.29) is 12.5 Å². The number of benzene rings is 3. The van der Waals surface area contributed by atoms with Gasteiger partial charge in [-0.2, -0.15) is 0 Å². The fourth-order valence-electron chi connectivity index (χ4n) is 5.58. The number of likely N-dealkylation sites (tertiary alicyclic amines) is 1. The van der Waals surface area contributed by atoms with Crippen molar-refractivity contribution in [2.75, 3.05) is 33.3 Å². The highest BCUT2D eigenvalue weighted by atomic mass is 19.2. The Hall–Kier alpha value is -3.58. The second kappa shape index (κ2) is 10.6. The van der Waals surface area contributed by atoms with Gasteiger partial charge in [0.1, 0.15) is 0 Å². The van der Waals surface area contributed by atoms with Crippen molar-refractivity contribution < 1.29 is 27.9 Å². The molecule has 1 aliphatic rings. The largest absolute Gasteiger partial charge is 0.861 e. The molecule has 188 valence electrons. The van der Waals surface area contributed by atoms with Gasteiger partial charge in [0.15, 0.2) is 11.6 Å². The normalized spacial score (nSPS) is 19.7. The van der Waals surface area contributed by atoms with Crippen molar-refractivity contribution in [2.24, 2.45) is 5.92 Å². The minimum absolute atomic E-state index is 0.0766. The fraction of sp³-hybridized carbons (Fsp3) is 0.310. The summed E-state index contributed by atoms with van der Waals surface area (Å²) in [7, 11) is 2.10. The van der Waals surface area contributed by atoms with Crippen LogP contribution in [-0.2, 0) is 10.2 Å². The Morgan fingerprint density at radius 3 is 2.22 bits per heavy atom. The van der Waals surface area contributed by atoms with Gasteiger partial charge in [0.05, 0.1) is 44.3 Å². The van der Waals surface area contributed by atoms with E-state index in [1.165, 1.54) is 12.1 Å². The first-order valence-corrected chi connectivity index (χ1v) is 12.1. The Kier molecular flexibility index (Phi) is 7.50. The third kappa shape index (κ3) is 4.88. The fourth-order valence-corrected chi connectivity index (χ4v) is 5.58. The molecule has 4 rings (SSSR count). The number of carbonyl (C=O) groups is 1. The molecule has 0 spiro atoms. The lowest BCUT2D eigenvalue weighted by Gasteiger charge is -2.43. The SMILES string of the molecule is C[N+]1(CCCOC(=O)c2cccc(F)c2F)CCC(C(C(=N)[O-])(c2ccccc2)c2ccccc2)C1. The molecule has 1 saturated heterocycles. The van der Waals surface area contributed by atoms with E-state index in [4.69, 9.17) is 10.1 Å². The van der Waals surface area contributed by atoms with Gasteiger partial charge < -0.3 is 19.7 Å². The molecular weight excluding hydrogens is 462 g/mol. The van der Waals surface area contributed by atoms with E-state index < -0.39 is 34.5 Å². The number of hydrogen-bond acceptors (Lipinski definition) is 4. The molecule has 7 heteroatoms. The van der Waals surface area contributed by atoms with Crippen LogP contribution in [0.25, 0.3) is 0 Å². The number of halogens is 2. The third-order valence-electron chi connectivity index (χ3n) is 7.35. The predicted octanol–water partition coefficient (Wildman–Crippen LogP) is 4.30. The number of quaternary nitrogens is 1. The Balaban J connectivity index is 1.47. The van der Waals surface area contributed by atoms with Gasteiger partial charge in [0.2, 0.25) is 0 Å². The summed E-state index contributed by atoms with van der Waals surface area (Å²) in [6, 6.07) is 22.5. The van der Waals surface area contributed by atoms with Crippen molar-refractivity contribution in [3.63, 3.8) is 0 Å². The van der Waals surface area contributed by atoms with Gasteiger partial charge in [-0.3, -0.25) is 0 Å². The van der Waals surface area contributed by atoms with Crippen molar-refractivity contribution in [3.8, 4) is 0 Å². The number of nitrogens with one attached hydrogen (secondary N) is 1. The van der Waals surface area contributed by atoms with E-state index >= 15 is 0 Å². The molecule has 5 nitrogen and oxygen atoms in total. The molecule has 0 aliphatic carbocycles. The lowest BCUT2D eigenvalue weighted by molar-refractivity contribution is -0.899. The first-order valence-electron chi connectivity index (χ1n) is 12.1. The van der Waals surface area contributed by atoms with Crippen molar-refractivity contribution in [3.05, 3.63) is 107 Å². The molecule has 1 fully saturated rings. The van der Waals surface area contributed by atoms with E-state index in [0.29, 0.717) is 24.0 Å². The molecular formula is C29H30F2N2O3. The first kappa shape index (κ1) is 25.5. The summed E-state index contributed by atoms with van der Waals surface area (Å²) >= 11 is 0. The molecule has 1 aliphatic heterocycles. The summed E-state index contributed by atoms with van der Waals surface area (Å²) < 4.78 is 33.1. The molecule has 36 heavy (non-hydrogen) atoms. The molecule has 1 N–H and O–H groups in total. The summed E-state index contributed by atoms with van der Waals surface area (Å²) in [4.78, 5) is 12.2. The molecule has 3 aromatic rings. The van der Waals surface area contributed by atoms with E-state index in [9.17, 15) is 18.7 Å². The van der Waals surface area contributed by atoms with Gasteiger partial charge in [0, 0.05) is 18.8 Å². The Labute approximate surface area is 210 Å². The quantitative estimate of drug-likeness (QED) is 0.159. The molecule has 0 radical (unpaired) electrons. The maximum absolute atomic E-state index is 13.8. The van der Waals surface area contributed by atoms with Crippen LogP contribution in [0.3, 0.4) is 0 Å². The summed E-state index contributed by atoms with van der Waals surface area (Å²) in [5, 5.41) is 21.6. The molecule has 0 saturated carbocycles. The van der Waals surface area contributed by atoms with E-state index in [2.05, 4.69) is 7.05 Å². The lowest BCUT2D eigenvalue weighted by Crippen LogP contribution is -2.52. The van der Waals surface area contributed by atoms with E-state index in [1.807, 2.05) is 60.7 Å². The summed E-state index contributed by atoms with van der Waals surface area (Å²) in [5.41, 5.74) is 0.155. The number of carbonyl (C=O) groups excluding carboxylic acids is 1. The maximum Gasteiger partial charge on any atom is 0.341 e. The number of ether oxygens (including phenoxy) is 1. The first-order chi connectivity index (χ1) is 17.3. The molecule has 0 bridgehead atoms. The summed E-state index contributed by atoms with van der Waals surface area (Å²) in [5.74, 6) is -3.89. The minimum atomic E-state index is -1.21. The van der Waals surface area contributed by atoms with Crippen LogP contribution in [-0.4, -0.2) is 49.6 Å². The molecule has 2 unspecified atom stereocenters. The van der Waals surface area contributed by atoms with Crippen LogP contribution >= 0.6 is 0 Å². The van der Waals surface area contributed by atoms with Crippen molar-refractivity contribution >= 4 is 11.9 Å². The zero-order valence-corrected chi connectivity index (χ0v) is 20.3. The number of esters is 1. The Bertz CT molecular complexity index is 1180. The average Bonchev–Trinajstić information content (AvgIpc) is 3.27. The molecule has 2 atom stereocenters. The second-order valence-corrected chi connectivity index (χ2v) is 9.69. The monoisotopic (exact) mass is 492 g/mol. The Morgan fingerprint density at radius 1 is 1.03 bits per heavy atom. The average molecular weight is 493 g/mol. The van der Waals surface area contributed by atoms with Crippen LogP contribution in [0.15, 0.2) is 78.9 Å². The van der Waals surface area contributed by atoms with Crippen LogP contribution in [0.5, 0.6) is 0 Å². The molecule has 0 aromatic heterocycles.